The second kappa shape index (κ2) is 9.73. The Morgan fingerprint density at radius 3 is 2.60 bits per heavy atom. The molecule has 1 amide bonds. The number of aromatic amines is 1. The first-order valence-corrected chi connectivity index (χ1v) is 9.96. The summed E-state index contributed by atoms with van der Waals surface area (Å²) < 4.78 is 5.79. The highest BCUT2D eigenvalue weighted by atomic mass is 35.5. The summed E-state index contributed by atoms with van der Waals surface area (Å²) >= 11 is 0. The summed E-state index contributed by atoms with van der Waals surface area (Å²) in [6, 6.07) is 13.7. The molecule has 0 spiro atoms. The fourth-order valence-corrected chi connectivity index (χ4v) is 3.82. The van der Waals surface area contributed by atoms with E-state index in [0.717, 1.165) is 47.4 Å². The fourth-order valence-electron chi connectivity index (χ4n) is 3.82. The van der Waals surface area contributed by atoms with Crippen LogP contribution >= 0.6 is 12.4 Å². The zero-order valence-electron chi connectivity index (χ0n) is 16.8. The van der Waals surface area contributed by atoms with E-state index < -0.39 is 0 Å². The molecule has 8 heteroatoms. The number of ether oxygens (including phenoxy) is 1. The first kappa shape index (κ1) is 21.8. The lowest BCUT2D eigenvalue weighted by Gasteiger charge is -2.36. The van der Waals surface area contributed by atoms with Crippen LogP contribution in [-0.4, -0.2) is 55.1 Å². The van der Waals surface area contributed by atoms with Gasteiger partial charge in [-0.05, 0) is 48.9 Å². The number of fused-ring (bicyclic) bond motifs is 1. The zero-order valence-corrected chi connectivity index (χ0v) is 17.7. The number of piperazine rings is 1. The third-order valence-corrected chi connectivity index (χ3v) is 5.42. The van der Waals surface area contributed by atoms with Crippen molar-refractivity contribution in [1.82, 2.24) is 9.88 Å². The zero-order chi connectivity index (χ0) is 20.2. The van der Waals surface area contributed by atoms with E-state index in [1.807, 2.05) is 53.6 Å². The van der Waals surface area contributed by atoms with Crippen LogP contribution in [-0.2, 0) is 11.2 Å². The third kappa shape index (κ3) is 4.63. The van der Waals surface area contributed by atoms with Gasteiger partial charge in [0.25, 0.3) is 5.91 Å². The maximum Gasteiger partial charge on any atom is 0.260 e. The number of H-pyrrole nitrogens is 1. The lowest BCUT2D eigenvalue weighted by atomic mass is 10.1. The molecule has 30 heavy (non-hydrogen) atoms. The number of amides is 1. The molecule has 0 atom stereocenters. The number of nitrogens with zero attached hydrogens (tertiary/aromatic N) is 2. The van der Waals surface area contributed by atoms with E-state index in [-0.39, 0.29) is 24.9 Å². The Bertz CT molecular complexity index is 998. The summed E-state index contributed by atoms with van der Waals surface area (Å²) in [4.78, 5) is 19.9. The quantitative estimate of drug-likeness (QED) is 0.522. The van der Waals surface area contributed by atoms with Gasteiger partial charge in [0.15, 0.2) is 6.61 Å². The van der Waals surface area contributed by atoms with Crippen molar-refractivity contribution in [3.8, 4) is 5.75 Å². The highest BCUT2D eigenvalue weighted by Crippen LogP contribution is 2.25. The number of nitrogen functional groups attached to an aromatic ring is 1. The van der Waals surface area contributed by atoms with Gasteiger partial charge in [0.05, 0.1) is 11.4 Å². The number of rotatable bonds is 6. The van der Waals surface area contributed by atoms with Crippen molar-refractivity contribution in [2.45, 2.75) is 6.42 Å². The van der Waals surface area contributed by atoms with E-state index in [2.05, 4.69) is 9.88 Å². The molecule has 4 rings (SSSR count). The number of carbonyl (C=O) groups excluding carboxylic acids is 1. The molecule has 2 aromatic carbocycles. The van der Waals surface area contributed by atoms with Gasteiger partial charge in [-0.2, -0.15) is 0 Å². The normalized spacial score (nSPS) is 13.9. The summed E-state index contributed by atoms with van der Waals surface area (Å²) in [6.07, 6.45) is 2.78. The number of anilines is 2. The first-order valence-electron chi connectivity index (χ1n) is 9.96. The Morgan fingerprint density at radius 1 is 1.10 bits per heavy atom. The fraction of sp³-hybridized carbons (Fsp3) is 0.318. The molecule has 0 bridgehead atoms. The van der Waals surface area contributed by atoms with E-state index >= 15 is 0 Å². The Balaban J connectivity index is 0.00000256. The molecule has 5 N–H and O–H groups in total. The molecule has 0 unspecified atom stereocenters. The van der Waals surface area contributed by atoms with Crippen molar-refractivity contribution in [2.24, 2.45) is 5.73 Å². The van der Waals surface area contributed by atoms with E-state index in [4.69, 9.17) is 16.2 Å². The molecule has 1 saturated heterocycles. The minimum absolute atomic E-state index is 0. The topological polar surface area (TPSA) is 101 Å². The van der Waals surface area contributed by atoms with Crippen LogP contribution in [0.1, 0.15) is 5.56 Å². The lowest BCUT2D eigenvalue weighted by molar-refractivity contribution is -0.133. The van der Waals surface area contributed by atoms with Crippen molar-refractivity contribution in [3.05, 3.63) is 54.2 Å². The van der Waals surface area contributed by atoms with Crippen LogP contribution in [0.15, 0.2) is 48.7 Å². The van der Waals surface area contributed by atoms with Crippen molar-refractivity contribution < 1.29 is 9.53 Å². The lowest BCUT2D eigenvalue weighted by Crippen LogP contribution is -2.50. The second-order valence-electron chi connectivity index (χ2n) is 7.28. The van der Waals surface area contributed by atoms with Crippen LogP contribution < -0.4 is 21.1 Å². The largest absolute Gasteiger partial charge is 0.484 e. The van der Waals surface area contributed by atoms with E-state index in [9.17, 15) is 4.79 Å². The average molecular weight is 430 g/mol. The van der Waals surface area contributed by atoms with Gasteiger partial charge in [0.1, 0.15) is 5.75 Å². The average Bonchev–Trinajstić information content (AvgIpc) is 3.15. The molecule has 3 aromatic rings. The van der Waals surface area contributed by atoms with Crippen molar-refractivity contribution in [1.29, 1.82) is 0 Å². The molecule has 2 heterocycles. The number of hydrogen-bond acceptors (Lipinski definition) is 5. The number of nitrogens with two attached hydrogens (primary N) is 2. The van der Waals surface area contributed by atoms with Crippen LogP contribution in [0.3, 0.4) is 0 Å². The van der Waals surface area contributed by atoms with Crippen molar-refractivity contribution in [2.75, 3.05) is 50.0 Å². The predicted octanol–water partition coefficient (Wildman–Crippen LogP) is 2.40. The smallest absolute Gasteiger partial charge is 0.260 e. The van der Waals surface area contributed by atoms with Crippen LogP contribution in [0.5, 0.6) is 5.75 Å². The molecular formula is C22H28ClN5O2. The predicted molar refractivity (Wildman–Crippen MR) is 123 cm³/mol. The molecule has 7 nitrogen and oxygen atoms in total. The van der Waals surface area contributed by atoms with Crippen molar-refractivity contribution in [3.63, 3.8) is 0 Å². The minimum Gasteiger partial charge on any atom is -0.484 e. The highest BCUT2D eigenvalue weighted by Gasteiger charge is 2.22. The Kier molecular flexibility index (Phi) is 7.07. The first-order chi connectivity index (χ1) is 14.2. The molecule has 1 fully saturated rings. The van der Waals surface area contributed by atoms with Gasteiger partial charge in [-0.25, -0.2) is 0 Å². The van der Waals surface area contributed by atoms with Gasteiger partial charge in [0.2, 0.25) is 0 Å². The summed E-state index contributed by atoms with van der Waals surface area (Å²) in [5.41, 5.74) is 15.8. The van der Waals surface area contributed by atoms with Crippen LogP contribution in [0.25, 0.3) is 10.9 Å². The SMILES string of the molecule is Cl.NCCc1c[nH]c2ccc(OCC(=O)N3CCN(c4ccccc4N)CC3)cc12. The number of nitrogens with one attached hydrogen (secondary N) is 1. The molecular weight excluding hydrogens is 402 g/mol. The summed E-state index contributed by atoms with van der Waals surface area (Å²) in [7, 11) is 0. The van der Waals surface area contributed by atoms with Gasteiger partial charge in [-0.3, -0.25) is 4.79 Å². The van der Waals surface area contributed by atoms with E-state index in [1.54, 1.807) is 0 Å². The second-order valence-corrected chi connectivity index (χ2v) is 7.28. The number of aromatic nitrogens is 1. The number of benzene rings is 2. The molecule has 1 aromatic heterocycles. The van der Waals surface area contributed by atoms with Gasteiger partial charge >= 0.3 is 0 Å². The third-order valence-electron chi connectivity index (χ3n) is 5.42. The molecule has 0 saturated carbocycles. The van der Waals surface area contributed by atoms with Crippen molar-refractivity contribution >= 4 is 40.6 Å². The minimum atomic E-state index is 0. The highest BCUT2D eigenvalue weighted by molar-refractivity contribution is 5.85. The molecule has 1 aliphatic rings. The summed E-state index contributed by atoms with van der Waals surface area (Å²) in [6.45, 7) is 3.48. The molecule has 0 radical (unpaired) electrons. The van der Waals surface area contributed by atoms with Crippen LogP contribution in [0.2, 0.25) is 0 Å². The number of hydrogen-bond donors (Lipinski definition) is 3. The van der Waals surface area contributed by atoms with Crippen LogP contribution in [0.4, 0.5) is 11.4 Å². The van der Waals surface area contributed by atoms with Crippen LogP contribution in [0, 0.1) is 0 Å². The van der Waals surface area contributed by atoms with Gasteiger partial charge in [0, 0.05) is 43.3 Å². The Morgan fingerprint density at radius 2 is 1.87 bits per heavy atom. The standard InChI is InChI=1S/C22H27N5O2.ClH/c23-8-7-16-14-25-20-6-5-17(13-18(16)20)29-15-22(28)27-11-9-26(10-12-27)21-4-2-1-3-19(21)24;/h1-6,13-14,25H,7-12,15,23-24H2;1H. The maximum atomic E-state index is 12.6. The molecule has 1 aliphatic heterocycles. The molecule has 0 aliphatic carbocycles. The number of carbonyl (C=O) groups is 1. The molecule has 160 valence electrons. The van der Waals surface area contributed by atoms with E-state index in [0.29, 0.717) is 25.4 Å². The monoisotopic (exact) mass is 429 g/mol. The summed E-state index contributed by atoms with van der Waals surface area (Å²) in [5, 5.41) is 1.09. The van der Waals surface area contributed by atoms with Gasteiger partial charge < -0.3 is 31.0 Å². The maximum absolute atomic E-state index is 12.6. The van der Waals surface area contributed by atoms with E-state index in [1.165, 1.54) is 0 Å². The number of para-hydroxylation sites is 2. The van der Waals surface area contributed by atoms with Gasteiger partial charge in [-0.1, -0.05) is 12.1 Å². The summed E-state index contributed by atoms with van der Waals surface area (Å²) in [5.74, 6) is 0.696. The Hall–Kier alpha value is -2.90. The number of halogens is 1. The van der Waals surface area contributed by atoms with Gasteiger partial charge in [-0.15, -0.1) is 12.4 Å². The Labute approximate surface area is 182 Å².